The van der Waals surface area contributed by atoms with Gasteiger partial charge in [-0.25, -0.2) is 15.0 Å². The first-order chi connectivity index (χ1) is 13.0. The van der Waals surface area contributed by atoms with E-state index in [0.717, 1.165) is 29.4 Å². The van der Waals surface area contributed by atoms with Gasteiger partial charge in [-0.1, -0.05) is 25.4 Å². The van der Waals surface area contributed by atoms with Crippen LogP contribution in [-0.2, 0) is 4.79 Å². The fourth-order valence-corrected chi connectivity index (χ4v) is 3.10. The molecule has 3 aromatic heterocycles. The molecular weight excluding hydrogens is 364 g/mol. The summed E-state index contributed by atoms with van der Waals surface area (Å²) in [5.74, 6) is 1.28. The maximum atomic E-state index is 12.5. The molecule has 0 aliphatic heterocycles. The van der Waals surface area contributed by atoms with E-state index in [2.05, 4.69) is 30.6 Å². The van der Waals surface area contributed by atoms with Crippen LogP contribution in [0.5, 0.6) is 0 Å². The summed E-state index contributed by atoms with van der Waals surface area (Å²) in [6.07, 6.45) is 7.20. The summed E-state index contributed by atoms with van der Waals surface area (Å²) in [6, 6.07) is 3.57. The van der Waals surface area contributed by atoms with E-state index in [0.29, 0.717) is 22.7 Å². The lowest BCUT2D eigenvalue weighted by Gasteiger charge is -2.22. The minimum atomic E-state index is -0.354. The van der Waals surface area contributed by atoms with Crippen LogP contribution in [0.4, 0.5) is 5.82 Å². The van der Waals surface area contributed by atoms with Crippen LogP contribution in [0.3, 0.4) is 0 Å². The van der Waals surface area contributed by atoms with Gasteiger partial charge in [0.15, 0.2) is 5.82 Å². The fourth-order valence-electron chi connectivity index (χ4n) is 2.94. The van der Waals surface area contributed by atoms with Crippen molar-refractivity contribution in [1.29, 1.82) is 0 Å². The van der Waals surface area contributed by atoms with E-state index < -0.39 is 0 Å². The molecule has 27 heavy (non-hydrogen) atoms. The van der Waals surface area contributed by atoms with Crippen LogP contribution in [0.15, 0.2) is 30.7 Å². The molecule has 1 fully saturated rings. The fraction of sp³-hybridized carbons (Fsp3) is 0.368. The van der Waals surface area contributed by atoms with Crippen LogP contribution in [0, 0.1) is 5.92 Å². The summed E-state index contributed by atoms with van der Waals surface area (Å²) < 4.78 is 0. The zero-order valence-electron chi connectivity index (χ0n) is 15.2. The molecule has 1 aliphatic rings. The quantitative estimate of drug-likeness (QED) is 0.588. The highest BCUT2D eigenvalue weighted by Gasteiger charge is 2.29. The number of fused-ring (bicyclic) bond motifs is 1. The van der Waals surface area contributed by atoms with Crippen LogP contribution in [-0.4, -0.2) is 37.9 Å². The van der Waals surface area contributed by atoms with Crippen molar-refractivity contribution in [1.82, 2.24) is 25.3 Å². The molecule has 1 aliphatic carbocycles. The van der Waals surface area contributed by atoms with E-state index in [1.807, 2.05) is 26.1 Å². The van der Waals surface area contributed by atoms with E-state index in [1.165, 1.54) is 0 Å². The van der Waals surface area contributed by atoms with Gasteiger partial charge in [0, 0.05) is 39.9 Å². The van der Waals surface area contributed by atoms with Crippen molar-refractivity contribution in [2.45, 2.75) is 38.8 Å². The minimum Gasteiger partial charge on any atom is -0.358 e. The Morgan fingerprint density at radius 1 is 1.37 bits per heavy atom. The zero-order chi connectivity index (χ0) is 19.0. The number of halogens is 1. The number of rotatable bonds is 6. The number of anilines is 1. The summed E-state index contributed by atoms with van der Waals surface area (Å²) in [4.78, 5) is 28.9. The van der Waals surface area contributed by atoms with Gasteiger partial charge in [-0.15, -0.1) is 0 Å². The number of aromatic nitrogens is 4. The second-order valence-corrected chi connectivity index (χ2v) is 7.60. The summed E-state index contributed by atoms with van der Waals surface area (Å²) in [7, 11) is 0. The van der Waals surface area contributed by atoms with Crippen LogP contribution in [0.2, 0.25) is 5.02 Å². The number of aromatic amines is 1. The van der Waals surface area contributed by atoms with Gasteiger partial charge in [0.2, 0.25) is 5.91 Å². The maximum absolute atomic E-state index is 12.5. The predicted molar refractivity (Wildman–Crippen MR) is 112 cm³/mol. The van der Waals surface area contributed by atoms with E-state index in [1.54, 1.807) is 18.5 Å². The average Bonchev–Trinajstić information content (AvgIpc) is 3.36. The van der Waals surface area contributed by atoms with Gasteiger partial charge in [-0.3, -0.25) is 4.79 Å². The number of nitrogens with one attached hydrogen (secondary N) is 3. The predicted octanol–water partition coefficient (Wildman–Crippen LogP) is 4.13. The molecule has 1 amide bonds. The lowest BCUT2D eigenvalue weighted by atomic mass is 10.0. The monoisotopic (exact) mass is 390 g/mol. The highest BCUT2D eigenvalue weighted by molar-refractivity contribution is 6.31. The summed E-state index contributed by atoms with van der Waals surface area (Å²) in [6.45, 7) is 4.03. The summed E-state index contributed by atoms with van der Waals surface area (Å²) >= 11 is 6.08. The number of amides is 1. The molecule has 0 spiro atoms. The van der Waals surface area contributed by atoms with E-state index in [-0.39, 0.29) is 22.1 Å². The molecule has 1 saturated carbocycles. The number of carbonyl (C=O) groups excluding carboxylic acids is 1. The lowest BCUT2D eigenvalue weighted by Crippen LogP contribution is -2.44. The molecule has 0 bridgehead atoms. The topological polar surface area (TPSA) is 95.6 Å². The van der Waals surface area contributed by atoms with Gasteiger partial charge in [-0.2, -0.15) is 0 Å². The Morgan fingerprint density at radius 2 is 2.19 bits per heavy atom. The molecule has 0 unspecified atom stereocenters. The Morgan fingerprint density at radius 3 is 2.93 bits per heavy atom. The Kier molecular flexibility index (Phi) is 4.70. The summed E-state index contributed by atoms with van der Waals surface area (Å²) in [5.41, 5.74) is 1.53. The second-order valence-electron chi connectivity index (χ2n) is 7.17. The minimum absolute atomic E-state index is 0. The van der Waals surface area contributed by atoms with E-state index in [9.17, 15) is 4.79 Å². The molecular formula is C19H27ClN6O. The molecule has 1 atom stereocenters. The average molecular weight is 391 g/mol. The molecule has 0 saturated heterocycles. The molecule has 3 heterocycles. The zero-order valence-corrected chi connectivity index (χ0v) is 15.9. The molecule has 4 rings (SSSR count). The smallest absolute Gasteiger partial charge is 0.243 e. The third kappa shape index (κ3) is 3.88. The van der Waals surface area contributed by atoms with E-state index >= 15 is 0 Å². The van der Waals surface area contributed by atoms with Crippen LogP contribution in [0.25, 0.3) is 22.4 Å². The molecule has 3 N–H and O–H groups in total. The third-order valence-corrected chi connectivity index (χ3v) is 4.78. The highest BCUT2D eigenvalue weighted by atomic mass is 35.5. The normalized spacial score (nSPS) is 15.1. The van der Waals surface area contributed by atoms with Gasteiger partial charge < -0.3 is 15.6 Å². The van der Waals surface area contributed by atoms with Crippen molar-refractivity contribution >= 4 is 34.4 Å². The number of nitrogens with zero attached hydrogens (tertiary/aromatic N) is 3. The van der Waals surface area contributed by atoms with Gasteiger partial charge in [0.1, 0.15) is 17.5 Å². The molecule has 8 heteroatoms. The number of H-pyrrole nitrogens is 1. The van der Waals surface area contributed by atoms with Crippen molar-refractivity contribution in [3.05, 3.63) is 35.7 Å². The van der Waals surface area contributed by atoms with E-state index in [4.69, 9.17) is 11.6 Å². The second kappa shape index (κ2) is 7.15. The van der Waals surface area contributed by atoms with Crippen molar-refractivity contribution in [3.63, 3.8) is 0 Å². The number of pyridine rings is 1. The Balaban J connectivity index is 0.00000150. The van der Waals surface area contributed by atoms with Crippen LogP contribution >= 0.6 is 11.6 Å². The lowest BCUT2D eigenvalue weighted by molar-refractivity contribution is -0.122. The third-order valence-electron chi connectivity index (χ3n) is 4.57. The van der Waals surface area contributed by atoms with Gasteiger partial charge >= 0.3 is 0 Å². The largest absolute Gasteiger partial charge is 0.358 e. The number of carbonyl (C=O) groups is 1. The Labute approximate surface area is 166 Å². The maximum Gasteiger partial charge on any atom is 0.243 e. The molecule has 7 nitrogen and oxygen atoms in total. The first-order valence-corrected chi connectivity index (χ1v) is 9.42. The van der Waals surface area contributed by atoms with Crippen molar-refractivity contribution < 1.29 is 9.07 Å². The van der Waals surface area contributed by atoms with Crippen molar-refractivity contribution in [2.24, 2.45) is 5.92 Å². The standard InChI is InChI=1S/C19H21ClN6O.3H2/c1-10(2)16(19(27)24-12-3-4-12)25-15-5-6-21-18(26-15)14-9-23-17-13(14)7-11(20)8-22-17;;;/h5-10,12,16H,3-4H2,1-2H3,(H,22,23)(H,24,27)(H,21,25,26);3*1H/t16-;;;/m1.../s1. The van der Waals surface area contributed by atoms with Gasteiger partial charge in [0.25, 0.3) is 0 Å². The van der Waals surface area contributed by atoms with Gasteiger partial charge in [0.05, 0.1) is 5.02 Å². The Bertz CT molecular complexity index is 995. The number of hydrogen-bond donors (Lipinski definition) is 3. The van der Waals surface area contributed by atoms with Crippen LogP contribution in [0.1, 0.15) is 31.0 Å². The molecule has 3 aromatic rings. The molecule has 146 valence electrons. The van der Waals surface area contributed by atoms with Crippen molar-refractivity contribution in [2.75, 3.05) is 5.32 Å². The van der Waals surface area contributed by atoms with Crippen LogP contribution < -0.4 is 10.6 Å². The van der Waals surface area contributed by atoms with Gasteiger partial charge in [-0.05, 0) is 30.9 Å². The SMILES string of the molecule is CC(C)[C@@H](Nc1ccnc(-c2c[nH]c3ncc(Cl)cc23)n1)C(=O)NC1CC1.[HH].[HH].[HH]. The molecule has 0 aromatic carbocycles. The summed E-state index contributed by atoms with van der Waals surface area (Å²) in [5, 5.41) is 7.72. The highest BCUT2D eigenvalue weighted by Crippen LogP contribution is 2.28. The first-order valence-electron chi connectivity index (χ1n) is 9.04. The van der Waals surface area contributed by atoms with Crippen molar-refractivity contribution in [3.8, 4) is 11.4 Å². The first kappa shape index (κ1) is 17.7. The molecule has 0 radical (unpaired) electrons. The Hall–Kier alpha value is -2.67. The number of hydrogen-bond acceptors (Lipinski definition) is 5.